The molecule has 0 saturated carbocycles. The van der Waals surface area contributed by atoms with E-state index in [0.717, 1.165) is 12.5 Å². The van der Waals surface area contributed by atoms with Crippen molar-refractivity contribution in [1.82, 2.24) is 9.97 Å². The summed E-state index contributed by atoms with van der Waals surface area (Å²) >= 11 is 17.5. The van der Waals surface area contributed by atoms with Gasteiger partial charge < -0.3 is 5.32 Å². The van der Waals surface area contributed by atoms with Gasteiger partial charge in [-0.1, -0.05) is 34.8 Å². The summed E-state index contributed by atoms with van der Waals surface area (Å²) in [7, 11) is -3.66. The molecule has 1 N–H and O–H groups in total. The SMILES string of the molecule is CS(=O)(=O)c1ncc(Cl)c(C(=O)Nc2ccc(Cl)c(Cl)c2)n1. The molecule has 1 heterocycles. The Labute approximate surface area is 141 Å². The third-order valence-electron chi connectivity index (χ3n) is 2.45. The molecule has 6 nitrogen and oxygen atoms in total. The van der Waals surface area contributed by atoms with E-state index in [1.807, 2.05) is 0 Å². The molecule has 0 fully saturated rings. The van der Waals surface area contributed by atoms with Crippen LogP contribution in [-0.2, 0) is 9.84 Å². The number of amides is 1. The van der Waals surface area contributed by atoms with Crippen molar-refractivity contribution in [3.05, 3.63) is 45.2 Å². The van der Waals surface area contributed by atoms with E-state index in [-0.39, 0.29) is 15.7 Å². The molecule has 0 bridgehead atoms. The zero-order chi connectivity index (χ0) is 16.5. The van der Waals surface area contributed by atoms with Gasteiger partial charge in [0.2, 0.25) is 15.0 Å². The minimum atomic E-state index is -3.66. The molecule has 0 aliphatic carbocycles. The van der Waals surface area contributed by atoms with Crippen molar-refractivity contribution in [2.75, 3.05) is 11.6 Å². The number of sulfone groups is 1. The van der Waals surface area contributed by atoms with Crippen LogP contribution in [0.1, 0.15) is 10.5 Å². The maximum absolute atomic E-state index is 12.2. The monoisotopic (exact) mass is 379 g/mol. The average molecular weight is 381 g/mol. The van der Waals surface area contributed by atoms with Gasteiger partial charge in [-0.2, -0.15) is 0 Å². The number of anilines is 1. The number of aromatic nitrogens is 2. The first kappa shape index (κ1) is 17.0. The molecule has 0 unspecified atom stereocenters. The lowest BCUT2D eigenvalue weighted by atomic mass is 10.3. The summed E-state index contributed by atoms with van der Waals surface area (Å²) in [5.41, 5.74) is 0.0955. The second-order valence-electron chi connectivity index (χ2n) is 4.20. The molecule has 2 rings (SSSR count). The van der Waals surface area contributed by atoms with Gasteiger partial charge in [-0.05, 0) is 18.2 Å². The first-order valence-corrected chi connectivity index (χ1v) is 8.70. The Kier molecular flexibility index (Phi) is 4.91. The standard InChI is InChI=1S/C12H8Cl3N3O3S/c1-22(20,21)12-16-5-9(15)10(18-12)11(19)17-6-2-3-7(13)8(14)4-6/h2-5H,1H3,(H,17,19). The van der Waals surface area contributed by atoms with Crippen molar-refractivity contribution in [2.45, 2.75) is 5.16 Å². The highest BCUT2D eigenvalue weighted by molar-refractivity contribution is 7.90. The average Bonchev–Trinajstić information content (AvgIpc) is 2.42. The topological polar surface area (TPSA) is 89.0 Å². The van der Waals surface area contributed by atoms with E-state index in [1.54, 1.807) is 0 Å². The number of nitrogens with one attached hydrogen (secondary N) is 1. The van der Waals surface area contributed by atoms with Crippen LogP contribution in [0.2, 0.25) is 15.1 Å². The van der Waals surface area contributed by atoms with Crippen LogP contribution in [0.4, 0.5) is 5.69 Å². The Morgan fingerprint density at radius 1 is 1.14 bits per heavy atom. The zero-order valence-corrected chi connectivity index (χ0v) is 14.1. The van der Waals surface area contributed by atoms with Gasteiger partial charge in [0.05, 0.1) is 21.3 Å². The zero-order valence-electron chi connectivity index (χ0n) is 11.0. The number of benzene rings is 1. The predicted octanol–water partition coefficient (Wildman–Crippen LogP) is 3.09. The lowest BCUT2D eigenvalue weighted by molar-refractivity contribution is 0.102. The molecule has 116 valence electrons. The van der Waals surface area contributed by atoms with Crippen molar-refractivity contribution in [3.8, 4) is 0 Å². The predicted molar refractivity (Wildman–Crippen MR) is 84.6 cm³/mol. The van der Waals surface area contributed by atoms with E-state index < -0.39 is 20.9 Å². The summed E-state index contributed by atoms with van der Waals surface area (Å²) in [6.07, 6.45) is 1.98. The van der Waals surface area contributed by atoms with Gasteiger partial charge in [-0.15, -0.1) is 0 Å². The molecular formula is C12H8Cl3N3O3S. The molecule has 0 atom stereocenters. The number of hydrogen-bond acceptors (Lipinski definition) is 5. The first-order chi connectivity index (χ1) is 10.2. The molecule has 22 heavy (non-hydrogen) atoms. The van der Waals surface area contributed by atoms with Crippen LogP contribution < -0.4 is 5.32 Å². The Balaban J connectivity index is 2.35. The van der Waals surface area contributed by atoms with Crippen LogP contribution in [0.15, 0.2) is 29.6 Å². The summed E-state index contributed by atoms with van der Waals surface area (Å²) < 4.78 is 22.9. The van der Waals surface area contributed by atoms with Crippen LogP contribution in [0.25, 0.3) is 0 Å². The highest BCUT2D eigenvalue weighted by Gasteiger charge is 2.19. The van der Waals surface area contributed by atoms with E-state index in [1.165, 1.54) is 18.2 Å². The van der Waals surface area contributed by atoms with Crippen molar-refractivity contribution >= 4 is 56.2 Å². The van der Waals surface area contributed by atoms with Gasteiger partial charge in [0.1, 0.15) is 0 Å². The fourth-order valence-corrected chi connectivity index (χ4v) is 2.43. The highest BCUT2D eigenvalue weighted by Crippen LogP contribution is 2.25. The third-order valence-corrected chi connectivity index (χ3v) is 4.32. The van der Waals surface area contributed by atoms with Crippen molar-refractivity contribution in [2.24, 2.45) is 0 Å². The maximum atomic E-state index is 12.2. The van der Waals surface area contributed by atoms with E-state index in [0.29, 0.717) is 10.7 Å². The van der Waals surface area contributed by atoms with Crippen LogP contribution >= 0.6 is 34.8 Å². The molecule has 1 aromatic carbocycles. The molecule has 2 aromatic rings. The Bertz CT molecular complexity index is 856. The Hall–Kier alpha value is -1.41. The Morgan fingerprint density at radius 2 is 1.82 bits per heavy atom. The molecule has 0 radical (unpaired) electrons. The first-order valence-electron chi connectivity index (χ1n) is 5.67. The highest BCUT2D eigenvalue weighted by atomic mass is 35.5. The number of nitrogens with zero attached hydrogens (tertiary/aromatic N) is 2. The van der Waals surface area contributed by atoms with Crippen molar-refractivity contribution in [1.29, 1.82) is 0 Å². The van der Waals surface area contributed by atoms with Crippen LogP contribution in [-0.4, -0.2) is 30.5 Å². The molecule has 10 heteroatoms. The summed E-state index contributed by atoms with van der Waals surface area (Å²) in [5, 5.41) is 2.51. The van der Waals surface area contributed by atoms with Gasteiger partial charge in [-0.25, -0.2) is 18.4 Å². The fraction of sp³-hybridized carbons (Fsp3) is 0.0833. The second kappa shape index (κ2) is 6.37. The van der Waals surface area contributed by atoms with E-state index >= 15 is 0 Å². The molecular weight excluding hydrogens is 373 g/mol. The van der Waals surface area contributed by atoms with Crippen LogP contribution in [0.3, 0.4) is 0 Å². The maximum Gasteiger partial charge on any atom is 0.275 e. The smallest absolute Gasteiger partial charge is 0.275 e. The number of hydrogen-bond donors (Lipinski definition) is 1. The quantitative estimate of drug-likeness (QED) is 0.827. The van der Waals surface area contributed by atoms with Crippen LogP contribution in [0.5, 0.6) is 0 Å². The van der Waals surface area contributed by atoms with Crippen molar-refractivity contribution in [3.63, 3.8) is 0 Å². The summed E-state index contributed by atoms with van der Waals surface area (Å²) in [6.45, 7) is 0. The molecule has 1 aromatic heterocycles. The largest absolute Gasteiger partial charge is 0.321 e. The van der Waals surface area contributed by atoms with E-state index in [4.69, 9.17) is 34.8 Å². The van der Waals surface area contributed by atoms with Gasteiger partial charge in [0, 0.05) is 11.9 Å². The number of halogens is 3. The molecule has 0 aliphatic rings. The number of carbonyl (C=O) groups excluding carboxylic acids is 1. The lowest BCUT2D eigenvalue weighted by Gasteiger charge is -2.07. The van der Waals surface area contributed by atoms with Gasteiger partial charge in [0.15, 0.2) is 5.69 Å². The minimum Gasteiger partial charge on any atom is -0.321 e. The Morgan fingerprint density at radius 3 is 2.41 bits per heavy atom. The summed E-state index contributed by atoms with van der Waals surface area (Å²) in [4.78, 5) is 19.4. The second-order valence-corrected chi connectivity index (χ2v) is 7.34. The number of carbonyl (C=O) groups is 1. The lowest BCUT2D eigenvalue weighted by Crippen LogP contribution is -2.17. The molecule has 0 spiro atoms. The van der Waals surface area contributed by atoms with E-state index in [2.05, 4.69) is 15.3 Å². The summed E-state index contributed by atoms with van der Waals surface area (Å²) in [5.74, 6) is -0.698. The minimum absolute atomic E-state index is 0.0787. The summed E-state index contributed by atoms with van der Waals surface area (Å²) in [6, 6.07) is 4.47. The molecule has 0 aliphatic heterocycles. The fourth-order valence-electron chi connectivity index (χ4n) is 1.45. The van der Waals surface area contributed by atoms with Crippen molar-refractivity contribution < 1.29 is 13.2 Å². The molecule has 1 amide bonds. The normalized spacial score (nSPS) is 11.3. The van der Waals surface area contributed by atoms with Crippen LogP contribution in [0, 0.1) is 0 Å². The van der Waals surface area contributed by atoms with Gasteiger partial charge in [-0.3, -0.25) is 4.79 Å². The molecule has 0 saturated heterocycles. The third kappa shape index (κ3) is 3.86. The van der Waals surface area contributed by atoms with Gasteiger partial charge in [0.25, 0.3) is 5.91 Å². The number of rotatable bonds is 3. The van der Waals surface area contributed by atoms with Gasteiger partial charge >= 0.3 is 0 Å². The van der Waals surface area contributed by atoms with E-state index in [9.17, 15) is 13.2 Å².